The molecular formula is C13H12N2O3. The Hall–Kier alpha value is -2.30. The molecule has 1 aromatic carbocycles. The molecule has 0 fully saturated rings. The van der Waals surface area contributed by atoms with Crippen molar-refractivity contribution >= 4 is 5.97 Å². The third-order valence-electron chi connectivity index (χ3n) is 2.94. The van der Waals surface area contributed by atoms with Gasteiger partial charge in [0.1, 0.15) is 11.6 Å². The number of carbonyl (C=O) groups is 1. The molecule has 0 N–H and O–H groups in total. The van der Waals surface area contributed by atoms with Crippen LogP contribution in [0.25, 0.3) is 5.69 Å². The molecular weight excluding hydrogens is 232 g/mol. The van der Waals surface area contributed by atoms with Crippen LogP contribution in [0.1, 0.15) is 16.2 Å². The van der Waals surface area contributed by atoms with E-state index in [1.54, 1.807) is 24.4 Å². The number of methoxy groups -OCH3 is 1. The molecule has 2 aromatic rings. The van der Waals surface area contributed by atoms with Gasteiger partial charge >= 0.3 is 5.97 Å². The average Bonchev–Trinajstić information content (AvgIpc) is 2.80. The monoisotopic (exact) mass is 244 g/mol. The Morgan fingerprint density at radius 3 is 3.22 bits per heavy atom. The van der Waals surface area contributed by atoms with Crippen LogP contribution in [0.5, 0.6) is 5.75 Å². The third-order valence-corrected chi connectivity index (χ3v) is 2.94. The maximum absolute atomic E-state index is 11.5. The number of aromatic nitrogens is 2. The second kappa shape index (κ2) is 4.18. The van der Waals surface area contributed by atoms with Crippen LogP contribution in [0, 0.1) is 0 Å². The summed E-state index contributed by atoms with van der Waals surface area (Å²) in [5.41, 5.74) is 1.32. The fraction of sp³-hybridized carbons (Fsp3) is 0.231. The molecule has 3 rings (SSSR count). The highest BCUT2D eigenvalue weighted by atomic mass is 16.5. The van der Waals surface area contributed by atoms with Crippen molar-refractivity contribution in [1.82, 2.24) is 9.55 Å². The van der Waals surface area contributed by atoms with Crippen molar-refractivity contribution < 1.29 is 14.3 Å². The Morgan fingerprint density at radius 2 is 2.39 bits per heavy atom. The first kappa shape index (κ1) is 10.8. The van der Waals surface area contributed by atoms with E-state index in [0.29, 0.717) is 12.2 Å². The molecule has 0 unspecified atom stereocenters. The van der Waals surface area contributed by atoms with Crippen molar-refractivity contribution in [3.63, 3.8) is 0 Å². The molecule has 1 aliphatic heterocycles. The number of rotatable bonds is 1. The zero-order chi connectivity index (χ0) is 12.5. The summed E-state index contributed by atoms with van der Waals surface area (Å²) in [7, 11) is 1.37. The lowest BCUT2D eigenvalue weighted by Crippen LogP contribution is -2.04. The molecule has 0 radical (unpaired) electrons. The zero-order valence-corrected chi connectivity index (χ0v) is 9.92. The molecule has 5 nitrogen and oxygen atoms in total. The Kier molecular flexibility index (Phi) is 2.51. The van der Waals surface area contributed by atoms with Gasteiger partial charge in [0.15, 0.2) is 0 Å². The van der Waals surface area contributed by atoms with E-state index in [0.717, 1.165) is 23.7 Å². The summed E-state index contributed by atoms with van der Waals surface area (Å²) >= 11 is 0. The van der Waals surface area contributed by atoms with Crippen molar-refractivity contribution in [2.24, 2.45) is 0 Å². The molecule has 1 aliphatic rings. The number of benzene rings is 1. The van der Waals surface area contributed by atoms with Gasteiger partial charge < -0.3 is 14.0 Å². The van der Waals surface area contributed by atoms with Gasteiger partial charge in [-0.25, -0.2) is 9.78 Å². The molecule has 0 saturated carbocycles. The van der Waals surface area contributed by atoms with Gasteiger partial charge in [-0.1, -0.05) is 0 Å². The Bertz CT molecular complexity index is 604. The summed E-state index contributed by atoms with van der Waals surface area (Å²) in [6.45, 7) is 0.585. The van der Waals surface area contributed by atoms with Crippen LogP contribution >= 0.6 is 0 Å². The molecule has 2 heterocycles. The number of ether oxygens (including phenoxy) is 2. The fourth-order valence-corrected chi connectivity index (χ4v) is 2.06. The normalized spacial score (nSPS) is 12.9. The van der Waals surface area contributed by atoms with E-state index < -0.39 is 0 Å². The number of esters is 1. The van der Waals surface area contributed by atoms with Crippen molar-refractivity contribution in [3.8, 4) is 11.4 Å². The van der Waals surface area contributed by atoms with Crippen LogP contribution in [-0.4, -0.2) is 29.2 Å². The average molecular weight is 244 g/mol. The largest absolute Gasteiger partial charge is 0.491 e. The van der Waals surface area contributed by atoms with Gasteiger partial charge in [-0.05, 0) is 18.2 Å². The number of hydrogen-bond donors (Lipinski definition) is 0. The first-order chi connectivity index (χ1) is 8.79. The van der Waals surface area contributed by atoms with E-state index in [2.05, 4.69) is 4.98 Å². The van der Waals surface area contributed by atoms with E-state index in [1.807, 2.05) is 10.8 Å². The third kappa shape index (κ3) is 1.64. The quantitative estimate of drug-likeness (QED) is 0.715. The topological polar surface area (TPSA) is 53.4 Å². The summed E-state index contributed by atoms with van der Waals surface area (Å²) in [6.07, 6.45) is 4.36. The van der Waals surface area contributed by atoms with Crippen molar-refractivity contribution in [3.05, 3.63) is 42.0 Å². The SMILES string of the molecule is COC(=O)c1ccc2c(c1)-n1ccnc1CCO2. The molecule has 0 amide bonds. The Labute approximate surface area is 104 Å². The molecule has 1 aromatic heterocycles. The molecule has 0 spiro atoms. The van der Waals surface area contributed by atoms with Gasteiger partial charge in [0.05, 0.1) is 25.0 Å². The van der Waals surface area contributed by atoms with Crippen LogP contribution in [-0.2, 0) is 11.2 Å². The molecule has 0 aliphatic carbocycles. The van der Waals surface area contributed by atoms with E-state index >= 15 is 0 Å². The first-order valence-electron chi connectivity index (χ1n) is 5.67. The summed E-state index contributed by atoms with van der Waals surface area (Å²) in [4.78, 5) is 15.8. The predicted molar refractivity (Wildman–Crippen MR) is 64.1 cm³/mol. The van der Waals surface area contributed by atoms with Crippen molar-refractivity contribution in [1.29, 1.82) is 0 Å². The van der Waals surface area contributed by atoms with Crippen LogP contribution in [0.3, 0.4) is 0 Å². The highest BCUT2D eigenvalue weighted by Crippen LogP contribution is 2.28. The van der Waals surface area contributed by atoms with Gasteiger partial charge in [-0.3, -0.25) is 0 Å². The molecule has 18 heavy (non-hydrogen) atoms. The maximum Gasteiger partial charge on any atom is 0.337 e. The second-order valence-electron chi connectivity index (χ2n) is 3.99. The summed E-state index contributed by atoms with van der Waals surface area (Å²) in [5.74, 6) is 1.32. The van der Waals surface area contributed by atoms with Crippen LogP contribution in [0.15, 0.2) is 30.6 Å². The van der Waals surface area contributed by atoms with Gasteiger partial charge in [0, 0.05) is 18.8 Å². The minimum Gasteiger partial charge on any atom is -0.491 e. The van der Waals surface area contributed by atoms with E-state index in [9.17, 15) is 4.79 Å². The number of imidazole rings is 1. The second-order valence-corrected chi connectivity index (χ2v) is 3.99. The van der Waals surface area contributed by atoms with Crippen LogP contribution < -0.4 is 4.74 Å². The minimum absolute atomic E-state index is 0.358. The Balaban J connectivity index is 2.16. The van der Waals surface area contributed by atoms with Gasteiger partial charge in [0.2, 0.25) is 0 Å². The van der Waals surface area contributed by atoms with Crippen LogP contribution in [0.4, 0.5) is 0 Å². The Morgan fingerprint density at radius 1 is 1.50 bits per heavy atom. The summed E-state index contributed by atoms with van der Waals surface area (Å²) < 4.78 is 12.3. The van der Waals surface area contributed by atoms with E-state index in [-0.39, 0.29) is 5.97 Å². The molecule has 0 bridgehead atoms. The van der Waals surface area contributed by atoms with Gasteiger partial charge in [-0.15, -0.1) is 0 Å². The zero-order valence-electron chi connectivity index (χ0n) is 9.92. The summed E-state index contributed by atoms with van der Waals surface area (Å²) in [5, 5.41) is 0. The highest BCUT2D eigenvalue weighted by molar-refractivity contribution is 5.90. The van der Waals surface area contributed by atoms with Gasteiger partial charge in [0.25, 0.3) is 0 Å². The smallest absolute Gasteiger partial charge is 0.337 e. The predicted octanol–water partition coefficient (Wildman–Crippen LogP) is 1.59. The van der Waals surface area contributed by atoms with Crippen molar-refractivity contribution in [2.45, 2.75) is 6.42 Å². The number of fused-ring (bicyclic) bond motifs is 3. The lowest BCUT2D eigenvalue weighted by atomic mass is 10.2. The minimum atomic E-state index is -0.358. The van der Waals surface area contributed by atoms with Crippen molar-refractivity contribution in [2.75, 3.05) is 13.7 Å². The molecule has 92 valence electrons. The standard InChI is InChI=1S/C13H12N2O3/c1-17-13(16)9-2-3-11-10(8-9)15-6-5-14-12(15)4-7-18-11/h2-3,5-6,8H,4,7H2,1H3. The number of carbonyl (C=O) groups excluding carboxylic acids is 1. The number of nitrogens with zero attached hydrogens (tertiary/aromatic N) is 2. The lowest BCUT2D eigenvalue weighted by molar-refractivity contribution is 0.0600. The maximum atomic E-state index is 11.5. The highest BCUT2D eigenvalue weighted by Gasteiger charge is 2.17. The summed E-state index contributed by atoms with van der Waals surface area (Å²) in [6, 6.07) is 5.25. The van der Waals surface area contributed by atoms with E-state index in [4.69, 9.17) is 9.47 Å². The first-order valence-corrected chi connectivity index (χ1v) is 5.67. The molecule has 5 heteroatoms. The molecule has 0 atom stereocenters. The fourth-order valence-electron chi connectivity index (χ4n) is 2.06. The molecule has 0 saturated heterocycles. The van der Waals surface area contributed by atoms with E-state index in [1.165, 1.54) is 7.11 Å². The lowest BCUT2D eigenvalue weighted by Gasteiger charge is -2.10. The number of hydrogen-bond acceptors (Lipinski definition) is 4. The van der Waals surface area contributed by atoms with Gasteiger partial charge in [-0.2, -0.15) is 0 Å². The van der Waals surface area contributed by atoms with Crippen LogP contribution in [0.2, 0.25) is 0 Å².